The van der Waals surface area contributed by atoms with Gasteiger partial charge in [-0.25, -0.2) is 9.97 Å². The number of carbonyl (C=O) groups is 1. The van der Waals surface area contributed by atoms with E-state index in [4.69, 9.17) is 4.74 Å². The molecule has 1 aliphatic rings. The molecule has 1 aliphatic heterocycles. The van der Waals surface area contributed by atoms with Crippen LogP contribution in [0.15, 0.2) is 36.7 Å². The van der Waals surface area contributed by atoms with Crippen LogP contribution in [0, 0.1) is 0 Å². The number of aliphatic hydroxyl groups is 1. The van der Waals surface area contributed by atoms with E-state index >= 15 is 0 Å². The molecule has 9 nitrogen and oxygen atoms in total. The maximum atomic E-state index is 12.6. The summed E-state index contributed by atoms with van der Waals surface area (Å²) in [5, 5.41) is 16.9. The lowest BCUT2D eigenvalue weighted by Crippen LogP contribution is -2.54. The van der Waals surface area contributed by atoms with Gasteiger partial charge >= 0.3 is 0 Å². The number of hydrogen-bond acceptors (Lipinski definition) is 8. The molecule has 0 saturated carbocycles. The molecule has 2 aromatic rings. The van der Waals surface area contributed by atoms with Gasteiger partial charge in [0.05, 0.1) is 5.60 Å². The van der Waals surface area contributed by atoms with E-state index in [0.29, 0.717) is 25.1 Å². The number of rotatable bonds is 9. The minimum absolute atomic E-state index is 0.174. The van der Waals surface area contributed by atoms with Gasteiger partial charge in [-0.1, -0.05) is 0 Å². The number of anilines is 2. The highest BCUT2D eigenvalue weighted by atomic mass is 16.5. The average Bonchev–Trinajstić information content (AvgIpc) is 2.78. The van der Waals surface area contributed by atoms with Crippen molar-refractivity contribution in [2.75, 3.05) is 64.1 Å². The second-order valence-corrected chi connectivity index (χ2v) is 8.12. The summed E-state index contributed by atoms with van der Waals surface area (Å²) < 4.78 is 5.66. The van der Waals surface area contributed by atoms with E-state index in [9.17, 15) is 9.90 Å². The molecule has 1 fully saturated rings. The van der Waals surface area contributed by atoms with Crippen molar-refractivity contribution in [1.29, 1.82) is 0 Å². The largest absolute Gasteiger partial charge is 0.492 e. The molecule has 168 valence electrons. The van der Waals surface area contributed by atoms with Crippen LogP contribution in [0.25, 0.3) is 0 Å². The van der Waals surface area contributed by atoms with Crippen LogP contribution in [0.2, 0.25) is 0 Å². The maximum absolute atomic E-state index is 12.6. The van der Waals surface area contributed by atoms with Gasteiger partial charge < -0.3 is 30.3 Å². The number of hydrogen-bond donors (Lipinski definition) is 3. The molecule has 0 spiro atoms. The lowest BCUT2D eigenvalue weighted by molar-refractivity contribution is 0.0254. The van der Waals surface area contributed by atoms with Crippen LogP contribution in [0.3, 0.4) is 0 Å². The SMILES string of the molecule is CNc1cc(N2CCC[C@](O)(CNC(=O)c3ccc(OCCN(C)C)cc3)C2)ncn1. The molecule has 3 rings (SSSR count). The smallest absolute Gasteiger partial charge is 0.251 e. The second kappa shape index (κ2) is 10.4. The zero-order valence-corrected chi connectivity index (χ0v) is 18.5. The van der Waals surface area contributed by atoms with Crippen molar-refractivity contribution in [3.63, 3.8) is 0 Å². The minimum Gasteiger partial charge on any atom is -0.492 e. The Labute approximate surface area is 183 Å². The van der Waals surface area contributed by atoms with Crippen LogP contribution in [0.5, 0.6) is 5.75 Å². The molecule has 0 radical (unpaired) electrons. The number of likely N-dealkylation sites (N-methyl/N-ethyl adjacent to an activating group) is 1. The lowest BCUT2D eigenvalue weighted by Gasteiger charge is -2.39. The third kappa shape index (κ3) is 6.53. The summed E-state index contributed by atoms with van der Waals surface area (Å²) in [5.41, 5.74) is -0.487. The first-order valence-corrected chi connectivity index (χ1v) is 10.5. The number of aromatic nitrogens is 2. The van der Waals surface area contributed by atoms with Crippen molar-refractivity contribution in [3.8, 4) is 5.75 Å². The highest BCUT2D eigenvalue weighted by Gasteiger charge is 2.34. The number of piperidine rings is 1. The second-order valence-electron chi connectivity index (χ2n) is 8.12. The first-order chi connectivity index (χ1) is 14.9. The fraction of sp³-hybridized carbons (Fsp3) is 0.500. The van der Waals surface area contributed by atoms with E-state index in [2.05, 4.69) is 20.6 Å². The number of ether oxygens (including phenoxy) is 1. The standard InChI is InChI=1S/C22H32N6O3/c1-23-19-13-20(26-16-25-19)28-10-4-9-22(30,15-28)14-24-21(29)17-5-7-18(8-6-17)31-12-11-27(2)3/h5-8,13,16,30H,4,9-12,14-15H2,1-3H3,(H,24,29)(H,23,25,26)/t22-/m0/s1. The molecule has 9 heteroatoms. The Morgan fingerprint density at radius 3 is 2.77 bits per heavy atom. The molecule has 1 aromatic carbocycles. The number of β-amino-alcohol motifs (C(OH)–C–C–N with tert-alkyl or cyclic N) is 1. The summed E-state index contributed by atoms with van der Waals surface area (Å²) in [6, 6.07) is 8.90. The van der Waals surface area contributed by atoms with Gasteiger partial charge in [-0.3, -0.25) is 4.79 Å². The fourth-order valence-corrected chi connectivity index (χ4v) is 3.50. The van der Waals surface area contributed by atoms with E-state index in [0.717, 1.165) is 36.9 Å². The van der Waals surface area contributed by atoms with Crippen molar-refractivity contribution in [2.45, 2.75) is 18.4 Å². The van der Waals surface area contributed by atoms with E-state index in [-0.39, 0.29) is 12.5 Å². The zero-order valence-electron chi connectivity index (χ0n) is 18.5. The first-order valence-electron chi connectivity index (χ1n) is 10.5. The molecular formula is C22H32N6O3. The highest BCUT2D eigenvalue weighted by Crippen LogP contribution is 2.25. The molecule has 1 saturated heterocycles. The number of amides is 1. The molecule has 1 aromatic heterocycles. The number of benzene rings is 1. The Morgan fingerprint density at radius 1 is 1.29 bits per heavy atom. The third-order valence-corrected chi connectivity index (χ3v) is 5.29. The molecule has 1 atom stereocenters. The topological polar surface area (TPSA) is 103 Å². The van der Waals surface area contributed by atoms with E-state index in [1.54, 1.807) is 31.3 Å². The van der Waals surface area contributed by atoms with Crippen LogP contribution < -0.4 is 20.3 Å². The Bertz CT molecular complexity index is 861. The van der Waals surface area contributed by atoms with Crippen molar-refractivity contribution < 1.29 is 14.6 Å². The normalized spacial score (nSPS) is 18.7. The molecule has 1 amide bonds. The van der Waals surface area contributed by atoms with Crippen molar-refractivity contribution >= 4 is 17.5 Å². The summed E-state index contributed by atoms with van der Waals surface area (Å²) in [5.74, 6) is 1.99. The fourth-order valence-electron chi connectivity index (χ4n) is 3.50. The lowest BCUT2D eigenvalue weighted by atomic mass is 9.92. The van der Waals surface area contributed by atoms with Gasteiger partial charge in [-0.15, -0.1) is 0 Å². The van der Waals surface area contributed by atoms with Gasteiger partial charge in [0, 0.05) is 44.9 Å². The quantitative estimate of drug-likeness (QED) is 0.548. The third-order valence-electron chi connectivity index (χ3n) is 5.29. The Kier molecular flexibility index (Phi) is 7.64. The van der Waals surface area contributed by atoms with Crippen molar-refractivity contribution in [2.24, 2.45) is 0 Å². The number of nitrogens with zero attached hydrogens (tertiary/aromatic N) is 4. The van der Waals surface area contributed by atoms with Gasteiger partial charge in [-0.05, 0) is 51.2 Å². The summed E-state index contributed by atoms with van der Waals surface area (Å²) in [4.78, 5) is 25.1. The van der Waals surface area contributed by atoms with Gasteiger partial charge in [0.15, 0.2) is 0 Å². The summed E-state index contributed by atoms with van der Waals surface area (Å²) in [7, 11) is 5.78. The van der Waals surface area contributed by atoms with Gasteiger partial charge in [0.25, 0.3) is 5.91 Å². The molecule has 0 bridgehead atoms. The summed E-state index contributed by atoms with van der Waals surface area (Å²) >= 11 is 0. The molecular weight excluding hydrogens is 396 g/mol. The predicted octanol–water partition coefficient (Wildman–Crippen LogP) is 1.22. The summed E-state index contributed by atoms with van der Waals surface area (Å²) in [6.07, 6.45) is 2.93. The maximum Gasteiger partial charge on any atom is 0.251 e. The monoisotopic (exact) mass is 428 g/mol. The van der Waals surface area contributed by atoms with Crippen molar-refractivity contribution in [1.82, 2.24) is 20.2 Å². The summed E-state index contributed by atoms with van der Waals surface area (Å²) in [6.45, 7) is 2.78. The number of nitrogens with one attached hydrogen (secondary N) is 2. The Morgan fingerprint density at radius 2 is 2.06 bits per heavy atom. The first kappa shape index (κ1) is 22.8. The molecule has 3 N–H and O–H groups in total. The Balaban J connectivity index is 1.53. The van der Waals surface area contributed by atoms with Crippen LogP contribution in [-0.2, 0) is 0 Å². The molecule has 2 heterocycles. The van der Waals surface area contributed by atoms with E-state index < -0.39 is 5.60 Å². The minimum atomic E-state index is -1.02. The van der Waals surface area contributed by atoms with Gasteiger partial charge in [-0.2, -0.15) is 0 Å². The van der Waals surface area contributed by atoms with Gasteiger partial charge in [0.2, 0.25) is 0 Å². The van der Waals surface area contributed by atoms with Crippen LogP contribution in [0.4, 0.5) is 11.6 Å². The van der Waals surface area contributed by atoms with E-state index in [1.807, 2.05) is 30.0 Å². The molecule has 31 heavy (non-hydrogen) atoms. The van der Waals surface area contributed by atoms with E-state index in [1.165, 1.54) is 6.33 Å². The highest BCUT2D eigenvalue weighted by molar-refractivity contribution is 5.94. The predicted molar refractivity (Wildman–Crippen MR) is 121 cm³/mol. The molecule has 0 unspecified atom stereocenters. The number of carbonyl (C=O) groups excluding carboxylic acids is 1. The zero-order chi connectivity index (χ0) is 22.3. The van der Waals surface area contributed by atoms with Crippen LogP contribution in [-0.4, -0.2) is 85.4 Å². The van der Waals surface area contributed by atoms with Crippen molar-refractivity contribution in [3.05, 3.63) is 42.2 Å². The van der Waals surface area contributed by atoms with Gasteiger partial charge in [0.1, 0.15) is 30.3 Å². The Hall–Kier alpha value is -2.91. The average molecular weight is 429 g/mol. The van der Waals surface area contributed by atoms with Crippen LogP contribution in [0.1, 0.15) is 23.2 Å². The van der Waals surface area contributed by atoms with Crippen LogP contribution >= 0.6 is 0 Å². The molecule has 0 aliphatic carbocycles.